The summed E-state index contributed by atoms with van der Waals surface area (Å²) in [5, 5.41) is 7.05. The van der Waals surface area contributed by atoms with E-state index >= 15 is 0 Å². The maximum atomic E-state index is 5.67. The van der Waals surface area contributed by atoms with E-state index in [2.05, 4.69) is 28.4 Å². The van der Waals surface area contributed by atoms with E-state index in [0.29, 0.717) is 24.4 Å². The van der Waals surface area contributed by atoms with Gasteiger partial charge in [-0.25, -0.2) is 0 Å². The second-order valence-corrected chi connectivity index (χ2v) is 4.33. The summed E-state index contributed by atoms with van der Waals surface area (Å²) in [7, 11) is 1.93. The van der Waals surface area contributed by atoms with Crippen LogP contribution in [0.4, 0.5) is 0 Å². The normalized spacial score (nSPS) is 12.4. The Bertz CT molecular complexity index is 525. The molecule has 0 saturated carbocycles. The van der Waals surface area contributed by atoms with Crippen LogP contribution >= 0.6 is 0 Å². The van der Waals surface area contributed by atoms with Gasteiger partial charge in [0, 0.05) is 12.5 Å². The van der Waals surface area contributed by atoms with Crippen molar-refractivity contribution in [3.8, 4) is 5.75 Å². The molecule has 5 nitrogen and oxygen atoms in total. The van der Waals surface area contributed by atoms with Crippen molar-refractivity contribution in [3.63, 3.8) is 0 Å². The van der Waals surface area contributed by atoms with Gasteiger partial charge in [-0.1, -0.05) is 24.2 Å². The SMILES string of the molecule is CCc1nc(COc2cccc(C(C)NC)c2)no1. The lowest BCUT2D eigenvalue weighted by molar-refractivity contribution is 0.285. The lowest BCUT2D eigenvalue weighted by Crippen LogP contribution is -2.12. The molecule has 1 N–H and O–H groups in total. The predicted molar refractivity (Wildman–Crippen MR) is 71.9 cm³/mol. The summed E-state index contributed by atoms with van der Waals surface area (Å²) in [6.45, 7) is 4.40. The van der Waals surface area contributed by atoms with E-state index < -0.39 is 0 Å². The zero-order valence-corrected chi connectivity index (χ0v) is 11.5. The van der Waals surface area contributed by atoms with Crippen LogP contribution in [0.15, 0.2) is 28.8 Å². The highest BCUT2D eigenvalue weighted by Gasteiger charge is 2.07. The Morgan fingerprint density at radius 1 is 1.42 bits per heavy atom. The number of hydrogen-bond acceptors (Lipinski definition) is 5. The first-order valence-corrected chi connectivity index (χ1v) is 6.44. The average molecular weight is 261 g/mol. The molecule has 1 heterocycles. The molecule has 0 aliphatic rings. The molecule has 5 heteroatoms. The third-order valence-electron chi connectivity index (χ3n) is 2.97. The van der Waals surface area contributed by atoms with Crippen LogP contribution in [-0.4, -0.2) is 17.2 Å². The molecule has 19 heavy (non-hydrogen) atoms. The van der Waals surface area contributed by atoms with Crippen molar-refractivity contribution in [2.75, 3.05) is 7.05 Å². The molecule has 0 aliphatic carbocycles. The number of aromatic nitrogens is 2. The van der Waals surface area contributed by atoms with Gasteiger partial charge in [0.1, 0.15) is 5.75 Å². The maximum absolute atomic E-state index is 5.67. The minimum absolute atomic E-state index is 0.292. The van der Waals surface area contributed by atoms with E-state index in [9.17, 15) is 0 Å². The van der Waals surface area contributed by atoms with Crippen molar-refractivity contribution < 1.29 is 9.26 Å². The van der Waals surface area contributed by atoms with Gasteiger partial charge in [-0.3, -0.25) is 0 Å². The minimum Gasteiger partial charge on any atom is -0.485 e. The quantitative estimate of drug-likeness (QED) is 0.865. The van der Waals surface area contributed by atoms with E-state index in [-0.39, 0.29) is 0 Å². The van der Waals surface area contributed by atoms with Gasteiger partial charge < -0.3 is 14.6 Å². The summed E-state index contributed by atoms with van der Waals surface area (Å²) in [5.41, 5.74) is 1.18. The molecule has 0 fully saturated rings. The van der Waals surface area contributed by atoms with Crippen molar-refractivity contribution in [3.05, 3.63) is 41.5 Å². The van der Waals surface area contributed by atoms with Gasteiger partial charge in [-0.15, -0.1) is 0 Å². The van der Waals surface area contributed by atoms with Crippen LogP contribution in [0.2, 0.25) is 0 Å². The fourth-order valence-corrected chi connectivity index (χ4v) is 1.68. The average Bonchev–Trinajstić information content (AvgIpc) is 2.92. The van der Waals surface area contributed by atoms with Crippen LogP contribution in [0.5, 0.6) is 5.75 Å². The topological polar surface area (TPSA) is 60.2 Å². The molecule has 1 aromatic carbocycles. The Morgan fingerprint density at radius 2 is 2.26 bits per heavy atom. The van der Waals surface area contributed by atoms with Crippen molar-refractivity contribution in [1.29, 1.82) is 0 Å². The molecule has 1 aromatic heterocycles. The van der Waals surface area contributed by atoms with Crippen molar-refractivity contribution in [2.24, 2.45) is 0 Å². The highest BCUT2D eigenvalue weighted by atomic mass is 16.5. The van der Waals surface area contributed by atoms with Gasteiger partial charge in [-0.2, -0.15) is 4.98 Å². The Labute approximate surface area is 113 Å². The largest absolute Gasteiger partial charge is 0.485 e. The minimum atomic E-state index is 0.292. The first-order chi connectivity index (χ1) is 9.22. The fourth-order valence-electron chi connectivity index (χ4n) is 1.68. The summed E-state index contributed by atoms with van der Waals surface area (Å²) in [4.78, 5) is 4.20. The summed E-state index contributed by atoms with van der Waals surface area (Å²) >= 11 is 0. The van der Waals surface area contributed by atoms with Gasteiger partial charge in [-0.05, 0) is 31.7 Å². The van der Waals surface area contributed by atoms with E-state index in [1.807, 2.05) is 32.2 Å². The monoisotopic (exact) mass is 261 g/mol. The third kappa shape index (κ3) is 3.54. The molecular formula is C14H19N3O2. The van der Waals surface area contributed by atoms with Gasteiger partial charge >= 0.3 is 0 Å². The molecular weight excluding hydrogens is 242 g/mol. The summed E-state index contributed by atoms with van der Waals surface area (Å²) in [6, 6.07) is 8.28. The molecule has 2 rings (SSSR count). The van der Waals surface area contributed by atoms with Crippen LogP contribution in [-0.2, 0) is 13.0 Å². The zero-order chi connectivity index (χ0) is 13.7. The number of aryl methyl sites for hydroxylation is 1. The first kappa shape index (κ1) is 13.5. The van der Waals surface area contributed by atoms with Gasteiger partial charge in [0.05, 0.1) is 0 Å². The number of rotatable bonds is 6. The summed E-state index contributed by atoms with van der Waals surface area (Å²) in [6.07, 6.45) is 0.738. The molecule has 0 amide bonds. The molecule has 0 spiro atoms. The number of benzene rings is 1. The number of nitrogens with zero attached hydrogens (tertiary/aromatic N) is 2. The Kier molecular flexibility index (Phi) is 4.52. The smallest absolute Gasteiger partial charge is 0.226 e. The van der Waals surface area contributed by atoms with E-state index in [1.54, 1.807) is 0 Å². The van der Waals surface area contributed by atoms with E-state index in [0.717, 1.165) is 12.2 Å². The third-order valence-corrected chi connectivity index (χ3v) is 2.97. The maximum Gasteiger partial charge on any atom is 0.226 e. The Hall–Kier alpha value is -1.88. The molecule has 1 unspecified atom stereocenters. The molecule has 1 atom stereocenters. The van der Waals surface area contributed by atoms with Crippen molar-refractivity contribution >= 4 is 0 Å². The second kappa shape index (κ2) is 6.33. The van der Waals surface area contributed by atoms with Crippen LogP contribution in [0, 0.1) is 0 Å². The predicted octanol–water partition coefficient (Wildman–Crippen LogP) is 2.49. The molecule has 102 valence electrons. The van der Waals surface area contributed by atoms with Crippen molar-refractivity contribution in [1.82, 2.24) is 15.5 Å². The van der Waals surface area contributed by atoms with Crippen LogP contribution < -0.4 is 10.1 Å². The number of nitrogens with one attached hydrogen (secondary N) is 1. The van der Waals surface area contributed by atoms with Gasteiger partial charge in [0.15, 0.2) is 6.61 Å². The van der Waals surface area contributed by atoms with E-state index in [4.69, 9.17) is 9.26 Å². The first-order valence-electron chi connectivity index (χ1n) is 6.44. The van der Waals surface area contributed by atoms with Crippen LogP contribution in [0.1, 0.15) is 37.2 Å². The molecule has 2 aromatic rings. The van der Waals surface area contributed by atoms with Crippen LogP contribution in [0.3, 0.4) is 0 Å². The fraction of sp³-hybridized carbons (Fsp3) is 0.429. The Morgan fingerprint density at radius 3 is 2.95 bits per heavy atom. The molecule has 0 saturated heterocycles. The number of ether oxygens (including phenoxy) is 1. The zero-order valence-electron chi connectivity index (χ0n) is 11.5. The Balaban J connectivity index is 1.99. The standard InChI is InChI=1S/C14H19N3O2/c1-4-14-16-13(17-19-14)9-18-12-7-5-6-11(8-12)10(2)15-3/h5-8,10,15H,4,9H2,1-3H3. The molecule has 0 bridgehead atoms. The molecule has 0 radical (unpaired) electrons. The second-order valence-electron chi connectivity index (χ2n) is 4.33. The summed E-state index contributed by atoms with van der Waals surface area (Å²) < 4.78 is 10.7. The van der Waals surface area contributed by atoms with Gasteiger partial charge in [0.2, 0.25) is 11.7 Å². The lowest BCUT2D eigenvalue weighted by Gasteiger charge is -2.12. The summed E-state index contributed by atoms with van der Waals surface area (Å²) in [5.74, 6) is 2.02. The molecule has 0 aliphatic heterocycles. The van der Waals surface area contributed by atoms with Crippen LogP contribution in [0.25, 0.3) is 0 Å². The van der Waals surface area contributed by atoms with Crippen molar-refractivity contribution in [2.45, 2.75) is 32.9 Å². The van der Waals surface area contributed by atoms with Gasteiger partial charge in [0.25, 0.3) is 0 Å². The van der Waals surface area contributed by atoms with E-state index in [1.165, 1.54) is 5.56 Å². The highest BCUT2D eigenvalue weighted by Crippen LogP contribution is 2.19. The number of hydrogen-bond donors (Lipinski definition) is 1. The lowest BCUT2D eigenvalue weighted by atomic mass is 10.1. The highest BCUT2D eigenvalue weighted by molar-refractivity contribution is 5.30.